The smallest absolute Gasteiger partial charge is 0.406 e. The highest BCUT2D eigenvalue weighted by atomic mass is 79.9. The molecule has 188 valence electrons. The lowest BCUT2D eigenvalue weighted by atomic mass is 10.0. The third-order valence-corrected chi connectivity index (χ3v) is 6.60. The molecular weight excluding hydrogens is 567 g/mol. The number of anilines is 1. The molecule has 0 amide bonds. The van der Waals surface area contributed by atoms with E-state index in [-0.39, 0.29) is 11.8 Å². The van der Waals surface area contributed by atoms with E-state index in [9.17, 15) is 13.2 Å². The summed E-state index contributed by atoms with van der Waals surface area (Å²) in [6.07, 6.45) is 3.52. The summed E-state index contributed by atoms with van der Waals surface area (Å²) in [5.74, 6) is -0.202. The third-order valence-electron chi connectivity index (χ3n) is 5.72. The number of nitrogens with zero attached hydrogens (tertiary/aromatic N) is 3. The first kappa shape index (κ1) is 25.0. The lowest BCUT2D eigenvalue weighted by Crippen LogP contribution is -2.24. The molecule has 0 fully saturated rings. The molecule has 0 aliphatic heterocycles. The molecule has 1 aliphatic carbocycles. The minimum absolute atomic E-state index is 0.158. The third kappa shape index (κ3) is 5.83. The van der Waals surface area contributed by atoms with Crippen LogP contribution in [0.15, 0.2) is 94.5 Å². The summed E-state index contributed by atoms with van der Waals surface area (Å²) in [5.41, 5.74) is 6.22. The first-order chi connectivity index (χ1) is 17.8. The molecule has 11 heteroatoms. The highest BCUT2D eigenvalue weighted by Crippen LogP contribution is 2.31. The van der Waals surface area contributed by atoms with Crippen molar-refractivity contribution in [2.24, 2.45) is 5.10 Å². The number of nitrogens with one attached hydrogen (secondary N) is 2. The molecule has 1 heterocycles. The van der Waals surface area contributed by atoms with Gasteiger partial charge < -0.3 is 14.6 Å². The average Bonchev–Trinajstić information content (AvgIpc) is 3.29. The van der Waals surface area contributed by atoms with E-state index >= 15 is 0 Å². The Bertz CT molecular complexity index is 1580. The van der Waals surface area contributed by atoms with E-state index < -0.39 is 6.36 Å². The standard InChI is InChI=1S/C26H19BrF3N5OS/c27-21-3-1-2-4-22(21)33-25(37)34-32-14-16-5-11-20-17(13-16)6-12-23-24(20)31-15-35(23)18-7-9-19(10-8-18)36-26(28,29)30/h1-7,9-15,18H,8H2,(H2,33,34,37)/b32-14+. The van der Waals surface area contributed by atoms with E-state index in [1.807, 2.05) is 59.2 Å². The number of hydrazone groups is 1. The SMILES string of the molecule is FC(F)(F)OC1=CCC(n2cnc3c4ccc(/C=N/NC(=S)Nc5ccccc5Br)cc4ccc32)C=C1. The van der Waals surface area contributed by atoms with E-state index in [0.717, 1.165) is 37.5 Å². The van der Waals surface area contributed by atoms with Crippen molar-refractivity contribution in [3.8, 4) is 0 Å². The number of thiocarbonyl (C=S) groups is 1. The van der Waals surface area contributed by atoms with Gasteiger partial charge in [-0.1, -0.05) is 36.4 Å². The number of ether oxygens (including phenoxy) is 1. The number of rotatable bonds is 5. The predicted octanol–water partition coefficient (Wildman–Crippen LogP) is 7.19. The number of hydrogen-bond donors (Lipinski definition) is 2. The molecule has 1 atom stereocenters. The van der Waals surface area contributed by atoms with Crippen LogP contribution in [0.2, 0.25) is 0 Å². The van der Waals surface area contributed by atoms with Crippen LogP contribution >= 0.6 is 28.1 Å². The van der Waals surface area contributed by atoms with Gasteiger partial charge in [0, 0.05) is 9.86 Å². The van der Waals surface area contributed by atoms with Gasteiger partial charge in [0.25, 0.3) is 0 Å². The number of fused-ring (bicyclic) bond motifs is 3. The maximum Gasteiger partial charge on any atom is 0.573 e. The van der Waals surface area contributed by atoms with E-state index in [1.165, 1.54) is 12.2 Å². The quantitative estimate of drug-likeness (QED) is 0.147. The minimum atomic E-state index is -4.70. The summed E-state index contributed by atoms with van der Waals surface area (Å²) in [6, 6.07) is 17.3. The van der Waals surface area contributed by atoms with Crippen LogP contribution in [0.5, 0.6) is 0 Å². The Balaban J connectivity index is 1.29. The molecule has 1 unspecified atom stereocenters. The summed E-state index contributed by atoms with van der Waals surface area (Å²) in [4.78, 5) is 4.58. The second-order valence-electron chi connectivity index (χ2n) is 8.19. The van der Waals surface area contributed by atoms with Crippen LogP contribution in [0.1, 0.15) is 18.0 Å². The number of halogens is 4. The molecule has 3 aromatic carbocycles. The van der Waals surface area contributed by atoms with Gasteiger partial charge in [0.15, 0.2) is 5.11 Å². The number of imidazole rings is 1. The Morgan fingerprint density at radius 1 is 1.19 bits per heavy atom. The van der Waals surface area contributed by atoms with Crippen LogP contribution in [-0.2, 0) is 4.74 Å². The fourth-order valence-corrected chi connectivity index (χ4v) is 4.62. The number of alkyl halides is 3. The van der Waals surface area contributed by atoms with Gasteiger partial charge >= 0.3 is 6.36 Å². The van der Waals surface area contributed by atoms with Crippen molar-refractivity contribution in [3.63, 3.8) is 0 Å². The van der Waals surface area contributed by atoms with E-state index in [0.29, 0.717) is 11.5 Å². The zero-order chi connectivity index (χ0) is 26.0. The van der Waals surface area contributed by atoms with Crippen LogP contribution < -0.4 is 10.7 Å². The molecule has 1 aromatic heterocycles. The summed E-state index contributed by atoms with van der Waals surface area (Å²) in [6.45, 7) is 0. The van der Waals surface area contributed by atoms with Gasteiger partial charge in [0.2, 0.25) is 0 Å². The van der Waals surface area contributed by atoms with Crippen LogP contribution in [0.4, 0.5) is 18.9 Å². The van der Waals surface area contributed by atoms with Crippen molar-refractivity contribution >= 4 is 67.0 Å². The Hall–Kier alpha value is -3.70. The summed E-state index contributed by atoms with van der Waals surface area (Å²) < 4.78 is 44.2. The molecule has 0 saturated heterocycles. The molecular formula is C26H19BrF3N5OS. The monoisotopic (exact) mass is 585 g/mol. The second kappa shape index (κ2) is 10.3. The summed E-state index contributed by atoms with van der Waals surface area (Å²) in [5, 5.41) is 9.60. The fourth-order valence-electron chi connectivity index (χ4n) is 4.07. The normalized spacial score (nSPS) is 15.8. The highest BCUT2D eigenvalue weighted by molar-refractivity contribution is 9.10. The predicted molar refractivity (Wildman–Crippen MR) is 146 cm³/mol. The van der Waals surface area contributed by atoms with Gasteiger partial charge in [0.1, 0.15) is 5.76 Å². The molecule has 0 saturated carbocycles. The number of hydrogen-bond acceptors (Lipinski definition) is 4. The van der Waals surface area contributed by atoms with Crippen molar-refractivity contribution in [1.29, 1.82) is 0 Å². The zero-order valence-electron chi connectivity index (χ0n) is 19.0. The Morgan fingerprint density at radius 2 is 2.03 bits per heavy atom. The van der Waals surface area contributed by atoms with Gasteiger partial charge in [-0.05, 0) is 81.9 Å². The Kier molecular flexibility index (Phi) is 6.98. The number of para-hydroxylation sites is 1. The van der Waals surface area contributed by atoms with Crippen molar-refractivity contribution in [2.45, 2.75) is 18.8 Å². The summed E-state index contributed by atoms with van der Waals surface area (Å²) in [7, 11) is 0. The van der Waals surface area contributed by atoms with Crippen molar-refractivity contribution < 1.29 is 17.9 Å². The molecule has 0 spiro atoms. The maximum atomic E-state index is 12.5. The van der Waals surface area contributed by atoms with Crippen molar-refractivity contribution in [3.05, 3.63) is 94.9 Å². The van der Waals surface area contributed by atoms with Gasteiger partial charge in [-0.3, -0.25) is 5.43 Å². The van der Waals surface area contributed by atoms with Crippen LogP contribution in [0, 0.1) is 0 Å². The van der Waals surface area contributed by atoms with Crippen molar-refractivity contribution in [1.82, 2.24) is 15.0 Å². The Morgan fingerprint density at radius 3 is 2.78 bits per heavy atom. The van der Waals surface area contributed by atoms with E-state index in [2.05, 4.69) is 41.5 Å². The van der Waals surface area contributed by atoms with E-state index in [4.69, 9.17) is 12.2 Å². The van der Waals surface area contributed by atoms with Gasteiger partial charge in [0.05, 0.1) is 35.3 Å². The molecule has 1 aliphatic rings. The average molecular weight is 586 g/mol. The lowest BCUT2D eigenvalue weighted by Gasteiger charge is -2.19. The van der Waals surface area contributed by atoms with Gasteiger partial charge in [-0.2, -0.15) is 5.10 Å². The van der Waals surface area contributed by atoms with Gasteiger partial charge in [-0.25, -0.2) is 4.98 Å². The first-order valence-corrected chi connectivity index (χ1v) is 12.3. The largest absolute Gasteiger partial charge is 0.573 e. The lowest BCUT2D eigenvalue weighted by molar-refractivity contribution is -0.303. The van der Waals surface area contributed by atoms with Crippen LogP contribution in [0.3, 0.4) is 0 Å². The van der Waals surface area contributed by atoms with Crippen molar-refractivity contribution in [2.75, 3.05) is 5.32 Å². The topological polar surface area (TPSA) is 63.5 Å². The number of allylic oxidation sites excluding steroid dienone is 3. The zero-order valence-corrected chi connectivity index (χ0v) is 21.4. The van der Waals surface area contributed by atoms with Crippen LogP contribution in [0.25, 0.3) is 21.8 Å². The molecule has 2 N–H and O–H groups in total. The second-order valence-corrected chi connectivity index (χ2v) is 9.45. The molecule has 0 bridgehead atoms. The molecule has 5 rings (SSSR count). The molecule has 37 heavy (non-hydrogen) atoms. The highest BCUT2D eigenvalue weighted by Gasteiger charge is 2.32. The number of aromatic nitrogens is 2. The maximum absolute atomic E-state index is 12.5. The first-order valence-electron chi connectivity index (χ1n) is 11.1. The fraction of sp³-hybridized carbons (Fsp3) is 0.115. The summed E-state index contributed by atoms with van der Waals surface area (Å²) >= 11 is 8.76. The minimum Gasteiger partial charge on any atom is -0.406 e. The number of benzene rings is 3. The van der Waals surface area contributed by atoms with E-state index in [1.54, 1.807) is 18.6 Å². The Labute approximate surface area is 223 Å². The molecule has 6 nitrogen and oxygen atoms in total. The molecule has 4 aromatic rings. The van der Waals surface area contributed by atoms with Gasteiger partial charge in [-0.15, -0.1) is 13.2 Å². The molecule has 0 radical (unpaired) electrons. The van der Waals surface area contributed by atoms with Crippen LogP contribution in [-0.4, -0.2) is 27.2 Å².